The number of nitrogens with one attached hydrogen (secondary N) is 1. The molecule has 0 saturated heterocycles. The molecule has 6 heteroatoms. The Morgan fingerprint density at radius 1 is 1.33 bits per heavy atom. The number of halogens is 2. The zero-order valence-corrected chi connectivity index (χ0v) is 13.0. The number of rotatable bonds is 5. The summed E-state index contributed by atoms with van der Waals surface area (Å²) in [5.74, 6) is -0.537. The number of benzene rings is 1. The lowest BCUT2D eigenvalue weighted by molar-refractivity contribution is -0.139. The molecule has 1 rings (SSSR count). The van der Waals surface area contributed by atoms with Gasteiger partial charge in [-0.2, -0.15) is 0 Å². The van der Waals surface area contributed by atoms with Crippen molar-refractivity contribution in [3.63, 3.8) is 0 Å². The lowest BCUT2D eigenvalue weighted by atomic mass is 10.1. The van der Waals surface area contributed by atoms with Crippen molar-refractivity contribution in [2.45, 2.75) is 11.2 Å². The molecule has 0 fully saturated rings. The van der Waals surface area contributed by atoms with Crippen LogP contribution in [0, 0.1) is 0 Å². The summed E-state index contributed by atoms with van der Waals surface area (Å²) < 4.78 is 5.50. The Bertz CT molecular complexity index is 420. The smallest absolute Gasteiger partial charge is 0.321 e. The summed E-state index contributed by atoms with van der Waals surface area (Å²) in [5.41, 5.74) is 0.917. The highest BCUT2D eigenvalue weighted by Gasteiger charge is 2.15. The zero-order chi connectivity index (χ0) is 13.5. The highest BCUT2D eigenvalue weighted by atomic mass is 79.9. The number of ether oxygens (including phenoxy) is 1. The molecular weight excluding hydrogens is 366 g/mol. The van der Waals surface area contributed by atoms with Gasteiger partial charge in [-0.3, -0.25) is 9.59 Å². The Morgan fingerprint density at radius 3 is 2.50 bits per heavy atom. The summed E-state index contributed by atoms with van der Waals surface area (Å²) in [4.78, 5) is 22.2. The van der Waals surface area contributed by atoms with Gasteiger partial charge in [0, 0.05) is 11.0 Å². The number of esters is 1. The van der Waals surface area contributed by atoms with Gasteiger partial charge >= 0.3 is 5.97 Å². The van der Waals surface area contributed by atoms with Gasteiger partial charge in [0.15, 0.2) is 0 Å². The fourth-order valence-corrected chi connectivity index (χ4v) is 1.88. The summed E-state index contributed by atoms with van der Waals surface area (Å²) in [6.45, 7) is 0.210. The van der Waals surface area contributed by atoms with Crippen LogP contribution in [-0.2, 0) is 20.7 Å². The number of alkyl halides is 1. The van der Waals surface area contributed by atoms with Crippen LogP contribution in [0.2, 0.25) is 0 Å². The van der Waals surface area contributed by atoms with Gasteiger partial charge in [-0.25, -0.2) is 0 Å². The second-order valence-electron chi connectivity index (χ2n) is 3.60. The maximum absolute atomic E-state index is 11.6. The van der Waals surface area contributed by atoms with Crippen molar-refractivity contribution in [2.24, 2.45) is 0 Å². The number of hydrogen-bond acceptors (Lipinski definition) is 3. The fourth-order valence-electron chi connectivity index (χ4n) is 1.26. The summed E-state index contributed by atoms with van der Waals surface area (Å²) in [7, 11) is 1.31. The molecule has 1 unspecified atom stereocenters. The molecule has 1 amide bonds. The van der Waals surface area contributed by atoms with E-state index in [9.17, 15) is 9.59 Å². The van der Waals surface area contributed by atoms with Gasteiger partial charge in [0.1, 0.15) is 4.83 Å². The Balaban J connectivity index is 2.38. The minimum atomic E-state index is -0.517. The highest BCUT2D eigenvalue weighted by molar-refractivity contribution is 9.10. The Labute approximate surface area is 122 Å². The van der Waals surface area contributed by atoms with Crippen LogP contribution in [0.15, 0.2) is 28.7 Å². The van der Waals surface area contributed by atoms with Gasteiger partial charge in [-0.15, -0.1) is 0 Å². The molecule has 0 aliphatic rings. The van der Waals surface area contributed by atoms with Crippen LogP contribution in [0.1, 0.15) is 5.56 Å². The molecule has 1 aromatic carbocycles. The van der Waals surface area contributed by atoms with E-state index in [2.05, 4.69) is 41.9 Å². The second-order valence-corrected chi connectivity index (χ2v) is 5.62. The van der Waals surface area contributed by atoms with Crippen LogP contribution in [0.3, 0.4) is 0 Å². The summed E-state index contributed by atoms with van der Waals surface area (Å²) in [5, 5.41) is 2.66. The number of hydrogen-bond donors (Lipinski definition) is 1. The third-order valence-electron chi connectivity index (χ3n) is 2.21. The molecule has 0 bridgehead atoms. The van der Waals surface area contributed by atoms with Crippen molar-refractivity contribution < 1.29 is 14.3 Å². The molecule has 0 radical (unpaired) electrons. The third-order valence-corrected chi connectivity index (χ3v) is 3.44. The topological polar surface area (TPSA) is 55.4 Å². The lowest BCUT2D eigenvalue weighted by Gasteiger charge is -2.09. The van der Waals surface area contributed by atoms with Crippen molar-refractivity contribution in [2.75, 3.05) is 13.7 Å². The molecule has 1 atom stereocenters. The molecule has 4 nitrogen and oxygen atoms in total. The first kappa shape index (κ1) is 15.2. The Hall–Kier alpha value is -0.880. The largest absolute Gasteiger partial charge is 0.468 e. The summed E-state index contributed by atoms with van der Waals surface area (Å²) in [6, 6.07) is 7.50. The van der Waals surface area contributed by atoms with E-state index < -0.39 is 10.8 Å². The van der Waals surface area contributed by atoms with Crippen LogP contribution >= 0.6 is 31.9 Å². The lowest BCUT2D eigenvalue weighted by Crippen LogP contribution is -2.34. The minimum absolute atomic E-state index is 0.134. The van der Waals surface area contributed by atoms with Crippen LogP contribution in [0.25, 0.3) is 0 Å². The predicted octanol–water partition coefficient (Wildman–Crippen LogP) is 2.04. The standard InChI is InChI=1S/C12H13Br2NO3/c1-18-12(17)10(14)7-15-11(16)6-8-2-4-9(13)5-3-8/h2-5,10H,6-7H2,1H3,(H,15,16). The van der Waals surface area contributed by atoms with Crippen molar-refractivity contribution in [3.05, 3.63) is 34.3 Å². The van der Waals surface area contributed by atoms with E-state index in [1.165, 1.54) is 7.11 Å². The van der Waals surface area contributed by atoms with E-state index in [0.717, 1.165) is 10.0 Å². The van der Waals surface area contributed by atoms with Gasteiger partial charge < -0.3 is 10.1 Å². The van der Waals surface area contributed by atoms with Crippen LogP contribution < -0.4 is 5.32 Å². The van der Waals surface area contributed by atoms with Gasteiger partial charge in [0.2, 0.25) is 5.91 Å². The van der Waals surface area contributed by atoms with Gasteiger partial charge in [-0.05, 0) is 17.7 Å². The van der Waals surface area contributed by atoms with Crippen LogP contribution in [-0.4, -0.2) is 30.4 Å². The molecule has 0 aromatic heterocycles. The monoisotopic (exact) mass is 377 g/mol. The number of methoxy groups -OCH3 is 1. The number of carbonyl (C=O) groups excluding carboxylic acids is 2. The van der Waals surface area contributed by atoms with Crippen molar-refractivity contribution >= 4 is 43.7 Å². The first-order valence-corrected chi connectivity index (χ1v) is 6.97. The molecular formula is C12H13Br2NO3. The zero-order valence-electron chi connectivity index (χ0n) is 9.78. The van der Waals surface area contributed by atoms with Crippen LogP contribution in [0.5, 0.6) is 0 Å². The SMILES string of the molecule is COC(=O)C(Br)CNC(=O)Cc1ccc(Br)cc1. The summed E-state index contributed by atoms with van der Waals surface area (Å²) >= 11 is 6.46. The first-order chi connectivity index (χ1) is 8.52. The Morgan fingerprint density at radius 2 is 1.94 bits per heavy atom. The third kappa shape index (κ3) is 5.18. The minimum Gasteiger partial charge on any atom is -0.468 e. The fraction of sp³-hybridized carbons (Fsp3) is 0.333. The van der Waals surface area contributed by atoms with Crippen LogP contribution in [0.4, 0.5) is 0 Å². The average Bonchev–Trinajstić information content (AvgIpc) is 2.37. The average molecular weight is 379 g/mol. The molecule has 1 N–H and O–H groups in total. The molecule has 18 heavy (non-hydrogen) atoms. The predicted molar refractivity (Wildman–Crippen MR) is 75.6 cm³/mol. The molecule has 0 aliphatic carbocycles. The van der Waals surface area contributed by atoms with E-state index >= 15 is 0 Å². The van der Waals surface area contributed by atoms with Crippen molar-refractivity contribution in [1.82, 2.24) is 5.32 Å². The highest BCUT2D eigenvalue weighted by Crippen LogP contribution is 2.10. The van der Waals surface area contributed by atoms with Gasteiger partial charge in [-0.1, -0.05) is 44.0 Å². The van der Waals surface area contributed by atoms with Gasteiger partial charge in [0.25, 0.3) is 0 Å². The maximum atomic E-state index is 11.6. The molecule has 1 aromatic rings. The second kappa shape index (κ2) is 7.53. The normalized spacial score (nSPS) is 11.7. The van der Waals surface area contributed by atoms with E-state index in [1.54, 1.807) is 0 Å². The van der Waals surface area contributed by atoms with Gasteiger partial charge in [0.05, 0.1) is 13.5 Å². The van der Waals surface area contributed by atoms with E-state index in [-0.39, 0.29) is 18.9 Å². The molecule has 0 spiro atoms. The van der Waals surface area contributed by atoms with E-state index in [0.29, 0.717) is 0 Å². The quantitative estimate of drug-likeness (QED) is 0.630. The molecule has 0 heterocycles. The number of carbonyl (C=O) groups is 2. The molecule has 98 valence electrons. The molecule has 0 aliphatic heterocycles. The molecule has 0 saturated carbocycles. The van der Waals surface area contributed by atoms with Crippen molar-refractivity contribution in [1.29, 1.82) is 0 Å². The maximum Gasteiger partial charge on any atom is 0.321 e. The number of amides is 1. The Kier molecular flexibility index (Phi) is 6.35. The van der Waals surface area contributed by atoms with E-state index in [1.807, 2.05) is 24.3 Å². The van der Waals surface area contributed by atoms with Crippen molar-refractivity contribution in [3.8, 4) is 0 Å². The first-order valence-electron chi connectivity index (χ1n) is 5.26. The summed E-state index contributed by atoms with van der Waals surface area (Å²) in [6.07, 6.45) is 0.286. The van der Waals surface area contributed by atoms with E-state index in [4.69, 9.17) is 0 Å².